The molecule has 0 radical (unpaired) electrons. The minimum atomic E-state index is -0.424. The molecule has 0 spiro atoms. The van der Waals surface area contributed by atoms with E-state index in [9.17, 15) is 9.18 Å². The molecule has 0 aromatic heterocycles. The number of nitrogens with one attached hydrogen (secondary N) is 1. The number of amides is 1. The molecule has 0 unspecified atom stereocenters. The molecular weight excluding hydrogens is 288 g/mol. The van der Waals surface area contributed by atoms with Crippen molar-refractivity contribution in [3.8, 4) is 11.1 Å². The number of benzene rings is 2. The van der Waals surface area contributed by atoms with E-state index in [1.165, 1.54) is 19.1 Å². The highest BCUT2D eigenvalue weighted by Gasteiger charge is 2.09. The van der Waals surface area contributed by atoms with Crippen molar-refractivity contribution in [3.63, 3.8) is 0 Å². The Morgan fingerprint density at radius 2 is 1.84 bits per heavy atom. The monoisotopic (exact) mass is 297 g/mol. The average Bonchev–Trinajstić information content (AvgIpc) is 2.32. The first-order chi connectivity index (χ1) is 8.97. The second-order valence-corrected chi connectivity index (χ2v) is 4.81. The van der Waals surface area contributed by atoms with Gasteiger partial charge in [0.25, 0.3) is 0 Å². The van der Waals surface area contributed by atoms with Gasteiger partial charge in [0.15, 0.2) is 0 Å². The van der Waals surface area contributed by atoms with Crippen LogP contribution in [-0.4, -0.2) is 5.91 Å². The van der Waals surface area contributed by atoms with Crippen molar-refractivity contribution in [1.82, 2.24) is 0 Å². The smallest absolute Gasteiger partial charge is 0.221 e. The molecule has 0 saturated carbocycles. The first-order valence-electron chi connectivity index (χ1n) is 5.50. The summed E-state index contributed by atoms with van der Waals surface area (Å²) in [5.74, 6) is -0.695. The van der Waals surface area contributed by atoms with Crippen LogP contribution in [0.15, 0.2) is 36.4 Å². The van der Waals surface area contributed by atoms with Crippen molar-refractivity contribution >= 4 is 34.8 Å². The molecule has 0 aliphatic rings. The molecular formula is C14H10Cl2FNO. The summed E-state index contributed by atoms with van der Waals surface area (Å²) in [7, 11) is 0. The lowest BCUT2D eigenvalue weighted by Gasteiger charge is -2.11. The maximum atomic E-state index is 13.3. The lowest BCUT2D eigenvalue weighted by molar-refractivity contribution is -0.114. The zero-order valence-electron chi connectivity index (χ0n) is 10.0. The van der Waals surface area contributed by atoms with Crippen LogP contribution in [-0.2, 0) is 4.79 Å². The number of carbonyl (C=O) groups is 1. The highest BCUT2D eigenvalue weighted by Crippen LogP contribution is 2.33. The molecule has 0 bridgehead atoms. The predicted octanol–water partition coefficient (Wildman–Crippen LogP) is 4.76. The van der Waals surface area contributed by atoms with Gasteiger partial charge in [-0.05, 0) is 35.9 Å². The standard InChI is InChI=1S/C14H10Cl2FNO/c1-8(19)18-14-7-10(17)3-4-11(14)9-2-5-12(15)13(16)6-9/h2-7H,1H3,(H,18,19). The van der Waals surface area contributed by atoms with Crippen molar-refractivity contribution in [3.05, 3.63) is 52.3 Å². The minimum absolute atomic E-state index is 0.271. The van der Waals surface area contributed by atoms with Gasteiger partial charge in [-0.15, -0.1) is 0 Å². The molecule has 1 N–H and O–H groups in total. The van der Waals surface area contributed by atoms with E-state index in [1.807, 2.05) is 0 Å². The Balaban J connectivity index is 2.54. The van der Waals surface area contributed by atoms with Crippen LogP contribution >= 0.6 is 23.2 Å². The van der Waals surface area contributed by atoms with Crippen molar-refractivity contribution in [2.45, 2.75) is 6.92 Å². The van der Waals surface area contributed by atoms with E-state index in [2.05, 4.69) is 5.32 Å². The third kappa shape index (κ3) is 3.25. The number of hydrogen-bond donors (Lipinski definition) is 1. The van der Waals surface area contributed by atoms with Crippen LogP contribution in [0.4, 0.5) is 10.1 Å². The van der Waals surface area contributed by atoms with Crippen molar-refractivity contribution in [1.29, 1.82) is 0 Å². The predicted molar refractivity (Wildman–Crippen MR) is 76.2 cm³/mol. The molecule has 2 rings (SSSR count). The minimum Gasteiger partial charge on any atom is -0.326 e. The topological polar surface area (TPSA) is 29.1 Å². The van der Waals surface area contributed by atoms with Crippen LogP contribution in [0.25, 0.3) is 11.1 Å². The lowest BCUT2D eigenvalue weighted by Crippen LogP contribution is -2.07. The normalized spacial score (nSPS) is 10.3. The summed E-state index contributed by atoms with van der Waals surface area (Å²) < 4.78 is 13.3. The zero-order chi connectivity index (χ0) is 14.0. The molecule has 0 fully saturated rings. The molecule has 0 aliphatic carbocycles. The molecule has 0 atom stereocenters. The molecule has 5 heteroatoms. The molecule has 0 saturated heterocycles. The first kappa shape index (κ1) is 13.8. The van der Waals surface area contributed by atoms with Gasteiger partial charge < -0.3 is 5.32 Å². The van der Waals surface area contributed by atoms with E-state index in [1.54, 1.807) is 24.3 Å². The fourth-order valence-electron chi connectivity index (χ4n) is 1.72. The van der Waals surface area contributed by atoms with E-state index < -0.39 is 5.82 Å². The highest BCUT2D eigenvalue weighted by molar-refractivity contribution is 6.42. The van der Waals surface area contributed by atoms with Gasteiger partial charge in [-0.25, -0.2) is 4.39 Å². The molecule has 1 amide bonds. The van der Waals surface area contributed by atoms with Gasteiger partial charge in [0, 0.05) is 12.5 Å². The van der Waals surface area contributed by atoms with Crippen LogP contribution < -0.4 is 5.32 Å². The summed E-state index contributed by atoms with van der Waals surface area (Å²) in [4.78, 5) is 11.1. The van der Waals surface area contributed by atoms with Crippen molar-refractivity contribution in [2.24, 2.45) is 0 Å². The van der Waals surface area contributed by atoms with E-state index in [0.29, 0.717) is 21.3 Å². The van der Waals surface area contributed by atoms with Crippen LogP contribution in [0.2, 0.25) is 10.0 Å². The molecule has 98 valence electrons. The number of hydrogen-bond acceptors (Lipinski definition) is 1. The fourth-order valence-corrected chi connectivity index (χ4v) is 2.02. The van der Waals surface area contributed by atoms with Gasteiger partial charge in [-0.1, -0.05) is 29.3 Å². The Morgan fingerprint density at radius 1 is 1.11 bits per heavy atom. The number of halogens is 3. The summed E-state index contributed by atoms with van der Waals surface area (Å²) >= 11 is 11.8. The van der Waals surface area contributed by atoms with Crippen LogP contribution in [0.1, 0.15) is 6.92 Å². The number of carbonyl (C=O) groups excluding carboxylic acids is 1. The Hall–Kier alpha value is -1.58. The van der Waals surface area contributed by atoms with Crippen molar-refractivity contribution < 1.29 is 9.18 Å². The maximum absolute atomic E-state index is 13.3. The lowest BCUT2D eigenvalue weighted by atomic mass is 10.0. The zero-order valence-corrected chi connectivity index (χ0v) is 11.5. The molecule has 2 nitrogen and oxygen atoms in total. The van der Waals surface area contributed by atoms with E-state index in [0.717, 1.165) is 5.56 Å². The molecule has 2 aromatic carbocycles. The van der Waals surface area contributed by atoms with E-state index >= 15 is 0 Å². The maximum Gasteiger partial charge on any atom is 0.221 e. The largest absolute Gasteiger partial charge is 0.326 e. The second-order valence-electron chi connectivity index (χ2n) is 4.00. The van der Waals surface area contributed by atoms with Crippen molar-refractivity contribution in [2.75, 3.05) is 5.32 Å². The van der Waals surface area contributed by atoms with Crippen LogP contribution in [0.3, 0.4) is 0 Å². The first-order valence-corrected chi connectivity index (χ1v) is 6.25. The van der Waals surface area contributed by atoms with Crippen LogP contribution in [0.5, 0.6) is 0 Å². The van der Waals surface area contributed by atoms with E-state index in [4.69, 9.17) is 23.2 Å². The van der Waals surface area contributed by atoms with Gasteiger partial charge in [-0.2, -0.15) is 0 Å². The summed E-state index contributed by atoms with van der Waals surface area (Å²) in [5, 5.41) is 3.43. The summed E-state index contributed by atoms with van der Waals surface area (Å²) in [6, 6.07) is 9.25. The second kappa shape index (κ2) is 5.59. The van der Waals surface area contributed by atoms with Crippen LogP contribution in [0, 0.1) is 5.82 Å². The molecule has 19 heavy (non-hydrogen) atoms. The van der Waals surface area contributed by atoms with Gasteiger partial charge in [0.2, 0.25) is 5.91 Å². The Bertz CT molecular complexity index is 643. The van der Waals surface area contributed by atoms with Gasteiger partial charge in [0.1, 0.15) is 5.82 Å². The Morgan fingerprint density at radius 3 is 2.47 bits per heavy atom. The third-order valence-electron chi connectivity index (χ3n) is 2.52. The van der Waals surface area contributed by atoms with E-state index in [-0.39, 0.29) is 5.91 Å². The number of rotatable bonds is 2. The summed E-state index contributed by atoms with van der Waals surface area (Å²) in [6.07, 6.45) is 0. The Labute approximate surface area is 120 Å². The SMILES string of the molecule is CC(=O)Nc1cc(F)ccc1-c1ccc(Cl)c(Cl)c1. The molecule has 0 aliphatic heterocycles. The fraction of sp³-hybridized carbons (Fsp3) is 0.0714. The third-order valence-corrected chi connectivity index (χ3v) is 3.26. The highest BCUT2D eigenvalue weighted by atomic mass is 35.5. The number of anilines is 1. The molecule has 2 aromatic rings. The summed E-state index contributed by atoms with van der Waals surface area (Å²) in [5.41, 5.74) is 1.82. The quantitative estimate of drug-likeness (QED) is 0.851. The Kier molecular flexibility index (Phi) is 4.08. The van der Waals surface area contributed by atoms with Gasteiger partial charge in [0.05, 0.1) is 15.7 Å². The van der Waals surface area contributed by atoms with Gasteiger partial charge in [-0.3, -0.25) is 4.79 Å². The summed E-state index contributed by atoms with van der Waals surface area (Å²) in [6.45, 7) is 1.36. The van der Waals surface area contributed by atoms with Gasteiger partial charge >= 0.3 is 0 Å². The molecule has 0 heterocycles. The average molecular weight is 298 g/mol.